The van der Waals surface area contributed by atoms with E-state index in [2.05, 4.69) is 62.4 Å². The van der Waals surface area contributed by atoms with Crippen molar-refractivity contribution in [3.05, 3.63) is 59.9 Å². The summed E-state index contributed by atoms with van der Waals surface area (Å²) in [6, 6.07) is 16.5. The molecule has 2 aromatic heterocycles. The van der Waals surface area contributed by atoms with Crippen LogP contribution in [0.15, 0.2) is 48.5 Å². The maximum atomic E-state index is 6.16. The molecule has 1 aliphatic heterocycles. The van der Waals surface area contributed by atoms with Crippen molar-refractivity contribution in [3.8, 4) is 28.4 Å². The lowest BCUT2D eigenvalue weighted by Gasteiger charge is -2.23. The number of anilines is 2. The predicted molar refractivity (Wildman–Crippen MR) is 150 cm³/mol. The summed E-state index contributed by atoms with van der Waals surface area (Å²) in [7, 11) is 3.27. The molecule has 38 heavy (non-hydrogen) atoms. The molecule has 0 saturated carbocycles. The van der Waals surface area contributed by atoms with Gasteiger partial charge in [0.05, 0.1) is 37.3 Å². The summed E-state index contributed by atoms with van der Waals surface area (Å²) in [5.41, 5.74) is 6.08. The van der Waals surface area contributed by atoms with E-state index in [0.29, 0.717) is 37.0 Å². The monoisotopic (exact) mass is 510 g/mol. The van der Waals surface area contributed by atoms with Gasteiger partial charge in [-0.1, -0.05) is 12.1 Å². The summed E-state index contributed by atoms with van der Waals surface area (Å²) in [4.78, 5) is 19.7. The standard InChI is InChI=1S/C29H30N6O3/c1-5-30-29-33-22-8-6-19(13-24(22)34-29)18-7-9-25-20(12-18)16-35(10-11-38-25)28-21-14-26(36-3)27(37-4)15-23(21)31-17(2)32-28/h6-9,12-15H,5,10-11,16H2,1-4H3,(H2,30,33,34). The van der Waals surface area contributed by atoms with E-state index in [1.165, 1.54) is 0 Å². The minimum absolute atomic E-state index is 0.553. The first-order chi connectivity index (χ1) is 18.6. The number of fused-ring (bicyclic) bond motifs is 3. The molecule has 0 fully saturated rings. The van der Waals surface area contributed by atoms with Gasteiger partial charge in [0.1, 0.15) is 24.0 Å². The zero-order valence-corrected chi connectivity index (χ0v) is 22.0. The average Bonchev–Trinajstić information content (AvgIpc) is 3.21. The number of methoxy groups -OCH3 is 2. The lowest BCUT2D eigenvalue weighted by atomic mass is 10.0. The van der Waals surface area contributed by atoms with Gasteiger partial charge < -0.3 is 29.4 Å². The molecule has 0 atom stereocenters. The molecule has 2 N–H and O–H groups in total. The number of imidazole rings is 1. The molecule has 3 heterocycles. The van der Waals surface area contributed by atoms with E-state index in [1.807, 2.05) is 25.1 Å². The van der Waals surface area contributed by atoms with Crippen molar-refractivity contribution in [1.29, 1.82) is 0 Å². The Kier molecular flexibility index (Phi) is 6.11. The lowest BCUT2D eigenvalue weighted by molar-refractivity contribution is 0.331. The Bertz CT molecular complexity index is 1650. The quantitative estimate of drug-likeness (QED) is 0.316. The predicted octanol–water partition coefficient (Wildman–Crippen LogP) is 5.33. The largest absolute Gasteiger partial charge is 0.493 e. The van der Waals surface area contributed by atoms with E-state index in [1.54, 1.807) is 14.2 Å². The molecule has 0 bridgehead atoms. The smallest absolute Gasteiger partial charge is 0.201 e. The molecular formula is C29H30N6O3. The molecule has 194 valence electrons. The van der Waals surface area contributed by atoms with Crippen LogP contribution in [0, 0.1) is 6.92 Å². The van der Waals surface area contributed by atoms with Crippen LogP contribution in [0.3, 0.4) is 0 Å². The summed E-state index contributed by atoms with van der Waals surface area (Å²) < 4.78 is 17.2. The fraction of sp³-hybridized carbons (Fsp3) is 0.276. The number of H-pyrrole nitrogens is 1. The Morgan fingerprint density at radius 1 is 0.947 bits per heavy atom. The van der Waals surface area contributed by atoms with Gasteiger partial charge in [0.15, 0.2) is 11.5 Å². The number of rotatable bonds is 6. The normalized spacial score (nSPS) is 13.2. The Balaban J connectivity index is 1.38. The summed E-state index contributed by atoms with van der Waals surface area (Å²) in [5.74, 6) is 4.52. The van der Waals surface area contributed by atoms with Crippen molar-refractivity contribution >= 4 is 33.7 Å². The number of hydrogen-bond donors (Lipinski definition) is 2. The van der Waals surface area contributed by atoms with E-state index in [-0.39, 0.29) is 0 Å². The summed E-state index contributed by atoms with van der Waals surface area (Å²) >= 11 is 0. The SMILES string of the molecule is CCNc1nc2ccc(-c3ccc4c(c3)CN(c3nc(C)nc5cc(OC)c(OC)cc35)CCO4)cc2[nH]1. The highest BCUT2D eigenvalue weighted by molar-refractivity contribution is 5.92. The van der Waals surface area contributed by atoms with Gasteiger partial charge in [0.2, 0.25) is 5.95 Å². The summed E-state index contributed by atoms with van der Waals surface area (Å²) in [5, 5.41) is 4.15. The molecule has 3 aromatic carbocycles. The van der Waals surface area contributed by atoms with Crippen LogP contribution >= 0.6 is 0 Å². The summed E-state index contributed by atoms with van der Waals surface area (Å²) in [6.07, 6.45) is 0. The van der Waals surface area contributed by atoms with Crippen LogP contribution in [0.4, 0.5) is 11.8 Å². The van der Waals surface area contributed by atoms with Gasteiger partial charge in [0.25, 0.3) is 0 Å². The fourth-order valence-electron chi connectivity index (χ4n) is 4.99. The first kappa shape index (κ1) is 23.8. The van der Waals surface area contributed by atoms with E-state index in [0.717, 1.165) is 62.7 Å². The number of hydrogen-bond acceptors (Lipinski definition) is 8. The molecule has 6 rings (SSSR count). The van der Waals surface area contributed by atoms with Crippen molar-refractivity contribution in [2.45, 2.75) is 20.4 Å². The second kappa shape index (κ2) is 9.74. The molecule has 5 aromatic rings. The highest BCUT2D eigenvalue weighted by Gasteiger charge is 2.22. The molecule has 0 radical (unpaired) electrons. The summed E-state index contributed by atoms with van der Waals surface area (Å²) in [6.45, 7) is 6.68. The molecular weight excluding hydrogens is 480 g/mol. The maximum absolute atomic E-state index is 6.16. The Morgan fingerprint density at radius 3 is 2.55 bits per heavy atom. The number of aromatic nitrogens is 4. The molecule has 0 unspecified atom stereocenters. The topological polar surface area (TPSA) is 97.4 Å². The van der Waals surface area contributed by atoms with Crippen molar-refractivity contribution in [3.63, 3.8) is 0 Å². The Morgan fingerprint density at radius 2 is 1.74 bits per heavy atom. The molecule has 9 heteroatoms. The van der Waals surface area contributed by atoms with Crippen LogP contribution in [0.25, 0.3) is 33.1 Å². The van der Waals surface area contributed by atoms with E-state index in [4.69, 9.17) is 19.2 Å². The minimum Gasteiger partial charge on any atom is -0.493 e. The van der Waals surface area contributed by atoms with Gasteiger partial charge in [0, 0.05) is 30.1 Å². The zero-order chi connectivity index (χ0) is 26.2. The van der Waals surface area contributed by atoms with Crippen molar-refractivity contribution in [2.75, 3.05) is 44.1 Å². The lowest BCUT2D eigenvalue weighted by Crippen LogP contribution is -2.26. The Hall–Kier alpha value is -4.53. The Labute approximate surface area is 220 Å². The van der Waals surface area contributed by atoms with Gasteiger partial charge in [-0.05, 0) is 55.3 Å². The van der Waals surface area contributed by atoms with Crippen LogP contribution in [0.1, 0.15) is 18.3 Å². The third kappa shape index (κ3) is 4.30. The van der Waals surface area contributed by atoms with Crippen LogP contribution in [0.5, 0.6) is 17.2 Å². The number of nitrogens with one attached hydrogen (secondary N) is 2. The van der Waals surface area contributed by atoms with E-state index < -0.39 is 0 Å². The van der Waals surface area contributed by atoms with Crippen LogP contribution in [-0.4, -0.2) is 53.9 Å². The number of aromatic amines is 1. The van der Waals surface area contributed by atoms with Crippen molar-refractivity contribution in [1.82, 2.24) is 19.9 Å². The zero-order valence-electron chi connectivity index (χ0n) is 22.0. The number of nitrogens with zero attached hydrogens (tertiary/aromatic N) is 4. The number of benzene rings is 3. The molecule has 1 aliphatic rings. The minimum atomic E-state index is 0.553. The van der Waals surface area contributed by atoms with Gasteiger partial charge >= 0.3 is 0 Å². The molecule has 0 spiro atoms. The first-order valence-electron chi connectivity index (χ1n) is 12.7. The molecule has 0 amide bonds. The van der Waals surface area contributed by atoms with Crippen molar-refractivity contribution in [2.24, 2.45) is 0 Å². The van der Waals surface area contributed by atoms with Gasteiger partial charge in [-0.3, -0.25) is 0 Å². The van der Waals surface area contributed by atoms with Crippen LogP contribution < -0.4 is 24.4 Å². The van der Waals surface area contributed by atoms with E-state index >= 15 is 0 Å². The van der Waals surface area contributed by atoms with Gasteiger partial charge in [-0.2, -0.15) is 0 Å². The van der Waals surface area contributed by atoms with Crippen LogP contribution in [0.2, 0.25) is 0 Å². The molecule has 0 saturated heterocycles. The highest BCUT2D eigenvalue weighted by atomic mass is 16.5. The fourth-order valence-corrected chi connectivity index (χ4v) is 4.99. The van der Waals surface area contributed by atoms with Gasteiger partial charge in [-0.25, -0.2) is 15.0 Å². The van der Waals surface area contributed by atoms with Gasteiger partial charge in [-0.15, -0.1) is 0 Å². The molecule has 0 aliphatic carbocycles. The van der Waals surface area contributed by atoms with E-state index in [9.17, 15) is 0 Å². The van der Waals surface area contributed by atoms with Crippen LogP contribution in [-0.2, 0) is 6.54 Å². The first-order valence-corrected chi connectivity index (χ1v) is 12.7. The highest BCUT2D eigenvalue weighted by Crippen LogP contribution is 2.37. The third-order valence-corrected chi connectivity index (χ3v) is 6.79. The average molecular weight is 511 g/mol. The molecule has 9 nitrogen and oxygen atoms in total. The number of aryl methyl sites for hydroxylation is 1. The second-order valence-electron chi connectivity index (χ2n) is 9.26. The number of ether oxygens (including phenoxy) is 3. The maximum Gasteiger partial charge on any atom is 0.201 e. The van der Waals surface area contributed by atoms with Crippen molar-refractivity contribution < 1.29 is 14.2 Å². The second-order valence-corrected chi connectivity index (χ2v) is 9.26. The third-order valence-electron chi connectivity index (χ3n) is 6.79.